The van der Waals surface area contributed by atoms with Crippen LogP contribution in [0, 0.1) is 15.9 Å². The van der Waals surface area contributed by atoms with E-state index in [9.17, 15) is 24.1 Å². The fourth-order valence-electron chi connectivity index (χ4n) is 1.15. The van der Waals surface area contributed by atoms with Gasteiger partial charge in [-0.2, -0.15) is 4.39 Å². The molecule has 1 aromatic carbocycles. The smallest absolute Gasteiger partial charge is 0.298 e. The first-order valence-corrected chi connectivity index (χ1v) is 4.57. The summed E-state index contributed by atoms with van der Waals surface area (Å²) in [7, 11) is 0. The number of nitro benzene ring substituents is 1. The first-order valence-electron chi connectivity index (χ1n) is 4.04. The lowest BCUT2D eigenvalue weighted by Crippen LogP contribution is -2.08. The minimum atomic E-state index is -1.32. The van der Waals surface area contributed by atoms with Crippen molar-refractivity contribution in [1.82, 2.24) is 0 Å². The van der Waals surface area contributed by atoms with E-state index >= 15 is 0 Å². The van der Waals surface area contributed by atoms with Gasteiger partial charge < -0.3 is 0 Å². The zero-order chi connectivity index (χ0) is 12.3. The van der Waals surface area contributed by atoms with Crippen molar-refractivity contribution in [2.45, 2.75) is 0 Å². The number of carbonyl (C=O) groups excluding carboxylic acids is 2. The van der Waals surface area contributed by atoms with Crippen LogP contribution in [0.4, 0.5) is 10.1 Å². The lowest BCUT2D eigenvalue weighted by atomic mass is 10.1. The van der Waals surface area contributed by atoms with Crippen LogP contribution in [0.15, 0.2) is 12.1 Å². The average molecular weight is 246 g/mol. The number of hydrogen-bond donors (Lipinski definition) is 0. The third kappa shape index (κ3) is 2.06. The van der Waals surface area contributed by atoms with Crippen molar-refractivity contribution in [3.05, 3.63) is 39.2 Å². The molecule has 0 heterocycles. The van der Waals surface area contributed by atoms with Crippen LogP contribution in [0.3, 0.4) is 0 Å². The lowest BCUT2D eigenvalue weighted by molar-refractivity contribution is -0.387. The molecular formula is C9H5ClFNO4. The first-order chi connectivity index (χ1) is 7.52. The van der Waals surface area contributed by atoms with E-state index in [1.54, 1.807) is 0 Å². The van der Waals surface area contributed by atoms with E-state index in [4.69, 9.17) is 11.6 Å². The maximum Gasteiger partial charge on any atom is 0.316 e. The van der Waals surface area contributed by atoms with Crippen LogP contribution in [-0.4, -0.2) is 22.9 Å². The van der Waals surface area contributed by atoms with Crippen LogP contribution in [0.2, 0.25) is 0 Å². The van der Waals surface area contributed by atoms with Crippen molar-refractivity contribution in [1.29, 1.82) is 0 Å². The van der Waals surface area contributed by atoms with E-state index in [1.807, 2.05) is 0 Å². The Hall–Kier alpha value is -1.82. The molecule has 1 rings (SSSR count). The van der Waals surface area contributed by atoms with Crippen molar-refractivity contribution in [2.75, 3.05) is 5.88 Å². The molecule has 0 unspecified atom stereocenters. The maximum atomic E-state index is 13.4. The highest BCUT2D eigenvalue weighted by molar-refractivity contribution is 6.31. The van der Waals surface area contributed by atoms with Crippen LogP contribution in [0.1, 0.15) is 20.7 Å². The van der Waals surface area contributed by atoms with Crippen LogP contribution in [-0.2, 0) is 0 Å². The normalized spacial score (nSPS) is 9.88. The number of hydrogen-bond acceptors (Lipinski definition) is 4. The van der Waals surface area contributed by atoms with E-state index < -0.39 is 39.2 Å². The summed E-state index contributed by atoms with van der Waals surface area (Å²) in [5, 5.41) is 10.6. The van der Waals surface area contributed by atoms with Gasteiger partial charge in [-0.15, -0.1) is 11.6 Å². The molecule has 0 radical (unpaired) electrons. The Bertz CT molecular complexity index is 475. The maximum absolute atomic E-state index is 13.4. The molecule has 0 saturated carbocycles. The number of Topliss-reactive ketones (excluding diaryl/α,β-unsaturated/α-hetero) is 1. The fourth-order valence-corrected chi connectivity index (χ4v) is 1.29. The molecular weight excluding hydrogens is 241 g/mol. The second kappa shape index (κ2) is 4.80. The van der Waals surface area contributed by atoms with Gasteiger partial charge in [0.2, 0.25) is 5.82 Å². The highest BCUT2D eigenvalue weighted by Gasteiger charge is 2.26. The van der Waals surface area contributed by atoms with E-state index in [0.29, 0.717) is 0 Å². The molecule has 0 amide bonds. The highest BCUT2D eigenvalue weighted by Crippen LogP contribution is 2.25. The number of rotatable bonds is 4. The largest absolute Gasteiger partial charge is 0.316 e. The molecule has 5 nitrogen and oxygen atoms in total. The minimum Gasteiger partial charge on any atom is -0.298 e. The topological polar surface area (TPSA) is 77.3 Å². The Labute approximate surface area is 94.0 Å². The second-order valence-corrected chi connectivity index (χ2v) is 3.06. The molecule has 0 fully saturated rings. The van der Waals surface area contributed by atoms with Crippen molar-refractivity contribution in [3.8, 4) is 0 Å². The standard InChI is InChI=1S/C9H5ClFNO4/c10-3-7(14)6-2-1-5(4-13)8(11)9(6)12(15)16/h1-2,4H,3H2. The third-order valence-electron chi connectivity index (χ3n) is 1.88. The van der Waals surface area contributed by atoms with Gasteiger partial charge in [-0.25, -0.2) is 0 Å². The van der Waals surface area contributed by atoms with Crippen LogP contribution in [0.5, 0.6) is 0 Å². The van der Waals surface area contributed by atoms with Gasteiger partial charge in [-0.3, -0.25) is 19.7 Å². The number of aldehydes is 1. The van der Waals surface area contributed by atoms with E-state index in [2.05, 4.69) is 0 Å². The molecule has 16 heavy (non-hydrogen) atoms. The molecule has 0 aliphatic carbocycles. The van der Waals surface area contributed by atoms with Gasteiger partial charge in [-0.05, 0) is 12.1 Å². The van der Waals surface area contributed by atoms with Crippen molar-refractivity contribution >= 4 is 29.4 Å². The average Bonchev–Trinajstić information content (AvgIpc) is 2.26. The van der Waals surface area contributed by atoms with Gasteiger partial charge in [0.05, 0.1) is 21.9 Å². The fraction of sp³-hybridized carbons (Fsp3) is 0.111. The van der Waals surface area contributed by atoms with Crippen LogP contribution < -0.4 is 0 Å². The quantitative estimate of drug-likeness (QED) is 0.267. The molecule has 84 valence electrons. The predicted octanol–water partition coefficient (Wildman–Crippen LogP) is 1.97. The van der Waals surface area contributed by atoms with E-state index in [-0.39, 0.29) is 6.29 Å². The monoisotopic (exact) mass is 245 g/mol. The lowest BCUT2D eigenvalue weighted by Gasteiger charge is -2.02. The van der Waals surface area contributed by atoms with Gasteiger partial charge in [0.1, 0.15) is 0 Å². The van der Waals surface area contributed by atoms with Crippen molar-refractivity contribution in [3.63, 3.8) is 0 Å². The molecule has 1 aromatic rings. The SMILES string of the molecule is O=Cc1ccc(C(=O)CCl)c([N+](=O)[O-])c1F. The number of halogens is 2. The molecule has 0 saturated heterocycles. The molecule has 0 N–H and O–H groups in total. The van der Waals surface area contributed by atoms with Gasteiger partial charge in [0.25, 0.3) is 0 Å². The predicted molar refractivity (Wildman–Crippen MR) is 53.5 cm³/mol. The van der Waals surface area contributed by atoms with Crippen LogP contribution >= 0.6 is 11.6 Å². The number of ketones is 1. The van der Waals surface area contributed by atoms with Gasteiger partial charge in [0.15, 0.2) is 12.1 Å². The number of carbonyl (C=O) groups is 2. The molecule has 0 spiro atoms. The zero-order valence-corrected chi connectivity index (χ0v) is 8.53. The molecule has 0 aromatic heterocycles. The molecule has 0 aliphatic rings. The summed E-state index contributed by atoms with van der Waals surface area (Å²) in [6.07, 6.45) is 0.136. The Morgan fingerprint density at radius 3 is 2.62 bits per heavy atom. The summed E-state index contributed by atoms with van der Waals surface area (Å²) in [5.74, 6) is -2.60. The summed E-state index contributed by atoms with van der Waals surface area (Å²) in [6.45, 7) is 0. The zero-order valence-electron chi connectivity index (χ0n) is 7.78. The molecule has 0 aliphatic heterocycles. The summed E-state index contributed by atoms with van der Waals surface area (Å²) >= 11 is 5.23. The van der Waals surface area contributed by atoms with E-state index in [1.165, 1.54) is 0 Å². The van der Waals surface area contributed by atoms with Crippen molar-refractivity contribution < 1.29 is 18.9 Å². The Morgan fingerprint density at radius 2 is 2.19 bits per heavy atom. The minimum absolute atomic E-state index is 0.136. The highest BCUT2D eigenvalue weighted by atomic mass is 35.5. The Kier molecular flexibility index (Phi) is 3.68. The summed E-state index contributed by atoms with van der Waals surface area (Å²) < 4.78 is 13.4. The Morgan fingerprint density at radius 1 is 1.56 bits per heavy atom. The number of benzene rings is 1. The molecule has 0 bridgehead atoms. The number of nitro groups is 1. The van der Waals surface area contributed by atoms with Gasteiger partial charge in [0, 0.05) is 0 Å². The third-order valence-corrected chi connectivity index (χ3v) is 2.12. The second-order valence-electron chi connectivity index (χ2n) is 2.80. The van der Waals surface area contributed by atoms with Crippen LogP contribution in [0.25, 0.3) is 0 Å². The summed E-state index contributed by atoms with van der Waals surface area (Å²) in [5.41, 5.74) is -1.93. The summed E-state index contributed by atoms with van der Waals surface area (Å²) in [6, 6.07) is 2.00. The van der Waals surface area contributed by atoms with E-state index in [0.717, 1.165) is 12.1 Å². The number of alkyl halides is 1. The number of nitrogens with zero attached hydrogens (tertiary/aromatic N) is 1. The Balaban J connectivity index is 3.52. The van der Waals surface area contributed by atoms with Crippen molar-refractivity contribution in [2.24, 2.45) is 0 Å². The summed E-state index contributed by atoms with van der Waals surface area (Å²) in [4.78, 5) is 31.1. The molecule has 7 heteroatoms. The molecule has 0 atom stereocenters. The first kappa shape index (κ1) is 12.3. The van der Waals surface area contributed by atoms with Gasteiger partial charge in [-0.1, -0.05) is 0 Å². The van der Waals surface area contributed by atoms with Gasteiger partial charge >= 0.3 is 5.69 Å².